The minimum atomic E-state index is -0.434. The van der Waals surface area contributed by atoms with Gasteiger partial charge < -0.3 is 35.1 Å². The van der Waals surface area contributed by atoms with Crippen LogP contribution in [0.4, 0.5) is 5.69 Å². The monoisotopic (exact) mass is 575 g/mol. The van der Waals surface area contributed by atoms with E-state index in [-0.39, 0.29) is 64.8 Å². The first kappa shape index (κ1) is 29.8. The lowest BCUT2D eigenvalue weighted by atomic mass is 10.1. The Morgan fingerprint density at radius 1 is 0.952 bits per heavy atom. The molecule has 1 aliphatic rings. The predicted octanol–water partition coefficient (Wildman–Crippen LogP) is 3.64. The Morgan fingerprint density at radius 2 is 1.64 bits per heavy atom. The van der Waals surface area contributed by atoms with Gasteiger partial charge >= 0.3 is 6.01 Å². The number of nitrogens with one attached hydrogen (secondary N) is 2. The summed E-state index contributed by atoms with van der Waals surface area (Å²) in [5, 5.41) is 10.5. The molecule has 0 spiro atoms. The summed E-state index contributed by atoms with van der Waals surface area (Å²) in [6.07, 6.45) is 0. The molecule has 0 radical (unpaired) electrons. The van der Waals surface area contributed by atoms with Crippen molar-refractivity contribution < 1.29 is 28.6 Å². The highest BCUT2D eigenvalue weighted by atomic mass is 16.5. The third kappa shape index (κ3) is 6.40. The Kier molecular flexibility index (Phi) is 9.20. The summed E-state index contributed by atoms with van der Waals surface area (Å²) < 4.78 is 17.5. The van der Waals surface area contributed by atoms with E-state index >= 15 is 0 Å². The van der Waals surface area contributed by atoms with E-state index in [0.717, 1.165) is 0 Å². The van der Waals surface area contributed by atoms with Crippen LogP contribution in [0.25, 0.3) is 0 Å². The summed E-state index contributed by atoms with van der Waals surface area (Å²) in [6.45, 7) is 9.26. The maximum absolute atomic E-state index is 13.2. The second-order valence-electron chi connectivity index (χ2n) is 9.14. The number of ether oxygens (including phenoxy) is 3. The number of aromatic nitrogens is 2. The number of carbonyl (C=O) groups is 3. The highest BCUT2D eigenvalue weighted by Crippen LogP contribution is 2.39. The maximum Gasteiger partial charge on any atom is 0.328 e. The van der Waals surface area contributed by atoms with E-state index in [1.807, 2.05) is 27.7 Å². The van der Waals surface area contributed by atoms with Gasteiger partial charge in [0.05, 0.1) is 5.56 Å². The van der Waals surface area contributed by atoms with Gasteiger partial charge in [0.2, 0.25) is 5.88 Å². The molecule has 220 valence electrons. The zero-order valence-electron chi connectivity index (χ0n) is 23.9. The van der Waals surface area contributed by atoms with Crippen LogP contribution >= 0.6 is 0 Å². The van der Waals surface area contributed by atoms with Crippen LogP contribution in [0.15, 0.2) is 42.5 Å². The molecule has 1 aromatic heterocycles. The van der Waals surface area contributed by atoms with Crippen molar-refractivity contribution in [1.82, 2.24) is 19.8 Å². The largest absolute Gasteiger partial charge is 0.466 e. The van der Waals surface area contributed by atoms with Gasteiger partial charge in [0, 0.05) is 37.3 Å². The van der Waals surface area contributed by atoms with Crippen LogP contribution in [0.2, 0.25) is 0 Å². The Balaban J connectivity index is 1.75. The smallest absolute Gasteiger partial charge is 0.328 e. The Morgan fingerprint density at radius 3 is 2.31 bits per heavy atom. The Labute approximate surface area is 243 Å². The fourth-order valence-corrected chi connectivity index (χ4v) is 4.27. The third-order valence-corrected chi connectivity index (χ3v) is 6.55. The molecular formula is C29H33N7O6. The van der Waals surface area contributed by atoms with Crippen molar-refractivity contribution in [1.29, 1.82) is 5.41 Å². The third-order valence-electron chi connectivity index (χ3n) is 6.55. The van der Waals surface area contributed by atoms with Gasteiger partial charge in [-0.15, -0.1) is 0 Å². The molecular weight excluding hydrogens is 542 g/mol. The van der Waals surface area contributed by atoms with E-state index < -0.39 is 5.91 Å². The fourth-order valence-electron chi connectivity index (χ4n) is 4.27. The number of carbonyl (C=O) groups excluding carboxylic acids is 3. The Hall–Kier alpha value is -5.20. The Bertz CT molecular complexity index is 1520. The molecule has 0 fully saturated rings. The fraction of sp³-hybridized carbons (Fsp3) is 0.310. The number of rotatable bonds is 11. The normalized spacial score (nSPS) is 12.0. The van der Waals surface area contributed by atoms with Gasteiger partial charge in [-0.25, -0.2) is 0 Å². The SMILES string of the molecule is CCN(CC)C(=O)c1cccc(Oc2nc(Oc3cc(C(=N)N)ccc3C(=O)N(CC)CC)nc3c2NC(=O)CO3)c1. The van der Waals surface area contributed by atoms with Crippen molar-refractivity contribution in [2.75, 3.05) is 38.1 Å². The van der Waals surface area contributed by atoms with Gasteiger partial charge in [-0.05, 0) is 58.0 Å². The van der Waals surface area contributed by atoms with E-state index in [0.29, 0.717) is 37.3 Å². The average molecular weight is 576 g/mol. The van der Waals surface area contributed by atoms with Gasteiger partial charge in [-0.2, -0.15) is 9.97 Å². The van der Waals surface area contributed by atoms with Crippen LogP contribution in [0, 0.1) is 5.41 Å². The molecule has 13 heteroatoms. The van der Waals surface area contributed by atoms with Gasteiger partial charge in [0.1, 0.15) is 17.3 Å². The van der Waals surface area contributed by atoms with Crippen LogP contribution in [0.3, 0.4) is 0 Å². The molecule has 42 heavy (non-hydrogen) atoms. The van der Waals surface area contributed by atoms with Crippen molar-refractivity contribution >= 4 is 29.2 Å². The zero-order valence-corrected chi connectivity index (χ0v) is 23.9. The van der Waals surface area contributed by atoms with Gasteiger partial charge in [-0.3, -0.25) is 19.8 Å². The molecule has 0 atom stereocenters. The number of hydrogen-bond acceptors (Lipinski definition) is 9. The maximum atomic E-state index is 13.2. The summed E-state index contributed by atoms with van der Waals surface area (Å²) in [7, 11) is 0. The molecule has 0 unspecified atom stereocenters. The van der Waals surface area contributed by atoms with Gasteiger partial charge in [0.25, 0.3) is 23.6 Å². The van der Waals surface area contributed by atoms with Crippen LogP contribution in [0.5, 0.6) is 29.3 Å². The minimum Gasteiger partial charge on any atom is -0.466 e. The second kappa shape index (κ2) is 13.0. The lowest BCUT2D eigenvalue weighted by Crippen LogP contribution is -2.31. The molecule has 1 aliphatic heterocycles. The number of amides is 3. The number of nitrogens with two attached hydrogens (primary N) is 1. The first-order valence-electron chi connectivity index (χ1n) is 13.6. The van der Waals surface area contributed by atoms with Crippen molar-refractivity contribution in [3.8, 4) is 29.3 Å². The number of anilines is 1. The van der Waals surface area contributed by atoms with Crippen molar-refractivity contribution in [3.05, 3.63) is 59.2 Å². The van der Waals surface area contributed by atoms with Crippen molar-refractivity contribution in [2.45, 2.75) is 27.7 Å². The highest BCUT2D eigenvalue weighted by Gasteiger charge is 2.27. The number of benzene rings is 2. The van der Waals surface area contributed by atoms with E-state index in [4.69, 9.17) is 25.4 Å². The lowest BCUT2D eigenvalue weighted by molar-refractivity contribution is -0.118. The molecule has 0 bridgehead atoms. The molecule has 3 amide bonds. The highest BCUT2D eigenvalue weighted by molar-refractivity contribution is 6.01. The van der Waals surface area contributed by atoms with E-state index in [9.17, 15) is 14.4 Å². The summed E-state index contributed by atoms with van der Waals surface area (Å²) in [5.74, 6) is -0.880. The standard InChI is InChI=1S/C29H33N7O6/c1-5-35(6-2)27(38)18-10-9-11-19(14-18)41-26-23-25(40-16-22(37)32-23)33-29(34-26)42-21-15-17(24(30)31)12-13-20(21)28(39)36(7-3)8-4/h9-15H,5-8,16H2,1-4H3,(H3,30,31)(H,32,37). The summed E-state index contributed by atoms with van der Waals surface area (Å²) in [5.41, 5.74) is 6.73. The molecule has 2 aromatic carbocycles. The number of amidine groups is 1. The average Bonchev–Trinajstić information content (AvgIpc) is 2.98. The number of fused-ring (bicyclic) bond motifs is 1. The van der Waals surface area contributed by atoms with Gasteiger partial charge in [0.15, 0.2) is 12.3 Å². The minimum absolute atomic E-state index is 0.00989. The van der Waals surface area contributed by atoms with E-state index in [1.165, 1.54) is 12.1 Å². The first-order chi connectivity index (χ1) is 20.2. The van der Waals surface area contributed by atoms with Crippen LogP contribution in [0.1, 0.15) is 54.0 Å². The van der Waals surface area contributed by atoms with E-state index in [1.54, 1.807) is 40.1 Å². The molecule has 3 aromatic rings. The van der Waals surface area contributed by atoms with Crippen molar-refractivity contribution in [3.63, 3.8) is 0 Å². The molecule has 13 nitrogen and oxygen atoms in total. The van der Waals surface area contributed by atoms with Crippen LogP contribution in [-0.2, 0) is 4.79 Å². The predicted molar refractivity (Wildman–Crippen MR) is 155 cm³/mol. The number of nitrogen functional groups attached to an aromatic ring is 1. The zero-order chi connectivity index (χ0) is 30.4. The number of hydrogen-bond donors (Lipinski definition) is 3. The molecule has 0 saturated carbocycles. The van der Waals surface area contributed by atoms with Crippen LogP contribution < -0.4 is 25.3 Å². The molecule has 0 aliphatic carbocycles. The summed E-state index contributed by atoms with van der Waals surface area (Å²) in [6, 6.07) is 10.8. The van der Waals surface area contributed by atoms with Gasteiger partial charge in [-0.1, -0.05) is 12.1 Å². The van der Waals surface area contributed by atoms with Crippen molar-refractivity contribution in [2.24, 2.45) is 5.73 Å². The topological polar surface area (TPSA) is 173 Å². The molecule has 4 rings (SSSR count). The number of nitrogens with zero attached hydrogens (tertiary/aromatic N) is 4. The van der Waals surface area contributed by atoms with E-state index in [2.05, 4.69) is 15.3 Å². The first-order valence-corrected chi connectivity index (χ1v) is 13.6. The summed E-state index contributed by atoms with van der Waals surface area (Å²) >= 11 is 0. The lowest BCUT2D eigenvalue weighted by Gasteiger charge is -2.22. The quantitative estimate of drug-likeness (QED) is 0.228. The summed E-state index contributed by atoms with van der Waals surface area (Å²) in [4.78, 5) is 50.2. The molecule has 0 saturated heterocycles. The molecule has 2 heterocycles. The molecule has 4 N–H and O–H groups in total. The van der Waals surface area contributed by atoms with Crippen LogP contribution in [-0.4, -0.2) is 76.1 Å². The second-order valence-corrected chi connectivity index (χ2v) is 9.14.